The van der Waals surface area contributed by atoms with Crippen LogP contribution in [0.2, 0.25) is 0 Å². The summed E-state index contributed by atoms with van der Waals surface area (Å²) in [5.74, 6) is 0.00562. The third kappa shape index (κ3) is 2.02. The van der Waals surface area contributed by atoms with E-state index in [0.717, 1.165) is 19.0 Å². The molecule has 1 aliphatic heterocycles. The molecule has 0 unspecified atom stereocenters. The lowest BCUT2D eigenvalue weighted by Gasteiger charge is -2.47. The lowest BCUT2D eigenvalue weighted by atomic mass is 9.88. The molecule has 0 amide bonds. The first-order chi connectivity index (χ1) is 5.98. The van der Waals surface area contributed by atoms with Crippen LogP contribution in [-0.4, -0.2) is 34.6 Å². The topological polar surface area (TPSA) is 40.5 Å². The van der Waals surface area contributed by atoms with E-state index in [4.69, 9.17) is 5.11 Å². The van der Waals surface area contributed by atoms with Gasteiger partial charge in [-0.05, 0) is 26.2 Å². The molecule has 0 bridgehead atoms. The van der Waals surface area contributed by atoms with Crippen LogP contribution in [0.3, 0.4) is 0 Å². The summed E-state index contributed by atoms with van der Waals surface area (Å²) in [6.07, 6.45) is 2.43. The number of aliphatic carboxylic acids is 1. The van der Waals surface area contributed by atoms with E-state index in [9.17, 15) is 4.79 Å². The van der Waals surface area contributed by atoms with Gasteiger partial charge >= 0.3 is 5.97 Å². The lowest BCUT2D eigenvalue weighted by molar-refractivity contribution is -0.154. The van der Waals surface area contributed by atoms with Crippen molar-refractivity contribution in [2.45, 2.75) is 39.2 Å². The first kappa shape index (κ1) is 10.5. The standard InChI is InChI=1S/C10H19NO2/c1-4-5-8-6-11(7-8)10(2,3)9(12)13/h8H,4-7H2,1-3H3,(H,12,13). The van der Waals surface area contributed by atoms with Crippen molar-refractivity contribution in [2.24, 2.45) is 5.92 Å². The van der Waals surface area contributed by atoms with E-state index in [1.54, 1.807) is 13.8 Å². The van der Waals surface area contributed by atoms with Gasteiger partial charge in [-0.1, -0.05) is 13.3 Å². The predicted molar refractivity (Wildman–Crippen MR) is 51.7 cm³/mol. The zero-order chi connectivity index (χ0) is 10.1. The SMILES string of the molecule is CCCC1CN(C(C)(C)C(=O)O)C1. The van der Waals surface area contributed by atoms with Crippen molar-refractivity contribution >= 4 is 5.97 Å². The average Bonchev–Trinajstić information content (AvgIpc) is 1.95. The van der Waals surface area contributed by atoms with Crippen LogP contribution in [0.15, 0.2) is 0 Å². The fraction of sp³-hybridized carbons (Fsp3) is 0.900. The summed E-state index contributed by atoms with van der Waals surface area (Å²) in [5, 5.41) is 8.95. The summed E-state index contributed by atoms with van der Waals surface area (Å²) in [7, 11) is 0. The van der Waals surface area contributed by atoms with Crippen molar-refractivity contribution in [3.63, 3.8) is 0 Å². The second-order valence-corrected chi connectivity index (χ2v) is 4.42. The van der Waals surface area contributed by atoms with Gasteiger partial charge in [0.15, 0.2) is 0 Å². The molecule has 1 rings (SSSR count). The van der Waals surface area contributed by atoms with Crippen molar-refractivity contribution in [2.75, 3.05) is 13.1 Å². The molecule has 0 saturated carbocycles. The first-order valence-corrected chi connectivity index (χ1v) is 4.97. The molecule has 0 atom stereocenters. The molecule has 1 saturated heterocycles. The van der Waals surface area contributed by atoms with E-state index in [0.29, 0.717) is 0 Å². The van der Waals surface area contributed by atoms with Gasteiger partial charge in [-0.25, -0.2) is 0 Å². The van der Waals surface area contributed by atoms with E-state index in [2.05, 4.69) is 6.92 Å². The quantitative estimate of drug-likeness (QED) is 0.723. The van der Waals surface area contributed by atoms with Crippen LogP contribution in [-0.2, 0) is 4.79 Å². The van der Waals surface area contributed by atoms with Crippen molar-refractivity contribution in [1.29, 1.82) is 0 Å². The van der Waals surface area contributed by atoms with Crippen LogP contribution in [0.5, 0.6) is 0 Å². The molecule has 0 aromatic rings. The fourth-order valence-corrected chi connectivity index (χ4v) is 1.75. The van der Waals surface area contributed by atoms with E-state index < -0.39 is 11.5 Å². The molecule has 76 valence electrons. The van der Waals surface area contributed by atoms with E-state index in [-0.39, 0.29) is 0 Å². The van der Waals surface area contributed by atoms with Gasteiger partial charge < -0.3 is 5.11 Å². The largest absolute Gasteiger partial charge is 0.480 e. The molecule has 0 aromatic carbocycles. The van der Waals surface area contributed by atoms with Gasteiger partial charge in [-0.2, -0.15) is 0 Å². The molecule has 1 fully saturated rings. The number of carboxylic acids is 1. The average molecular weight is 185 g/mol. The molecular formula is C10H19NO2. The summed E-state index contributed by atoms with van der Waals surface area (Å²) in [5.41, 5.74) is -0.676. The van der Waals surface area contributed by atoms with Crippen molar-refractivity contribution in [3.8, 4) is 0 Å². The molecule has 1 aliphatic rings. The molecule has 0 spiro atoms. The van der Waals surface area contributed by atoms with E-state index in [1.165, 1.54) is 12.8 Å². The summed E-state index contributed by atoms with van der Waals surface area (Å²) < 4.78 is 0. The predicted octanol–water partition coefficient (Wildman–Crippen LogP) is 1.58. The molecule has 3 nitrogen and oxygen atoms in total. The Morgan fingerprint density at radius 3 is 2.46 bits per heavy atom. The molecule has 0 radical (unpaired) electrons. The summed E-state index contributed by atoms with van der Waals surface area (Å²) >= 11 is 0. The van der Waals surface area contributed by atoms with E-state index in [1.807, 2.05) is 4.90 Å². The molecule has 13 heavy (non-hydrogen) atoms. The Morgan fingerprint density at radius 1 is 1.54 bits per heavy atom. The Kier molecular flexibility index (Phi) is 2.96. The van der Waals surface area contributed by atoms with Gasteiger partial charge in [0.25, 0.3) is 0 Å². The highest BCUT2D eigenvalue weighted by Crippen LogP contribution is 2.28. The minimum atomic E-state index is -0.720. The van der Waals surface area contributed by atoms with Crippen LogP contribution < -0.4 is 0 Å². The highest BCUT2D eigenvalue weighted by molar-refractivity contribution is 5.77. The summed E-state index contributed by atoms with van der Waals surface area (Å²) in [6.45, 7) is 7.63. The van der Waals surface area contributed by atoms with Gasteiger partial charge in [0.1, 0.15) is 5.54 Å². The zero-order valence-electron chi connectivity index (χ0n) is 8.71. The molecular weight excluding hydrogens is 166 g/mol. The van der Waals surface area contributed by atoms with Crippen molar-refractivity contribution < 1.29 is 9.90 Å². The highest BCUT2D eigenvalue weighted by Gasteiger charge is 2.41. The minimum absolute atomic E-state index is 0.676. The van der Waals surface area contributed by atoms with Crippen molar-refractivity contribution in [1.82, 2.24) is 4.90 Å². The number of rotatable bonds is 4. The van der Waals surface area contributed by atoms with Crippen molar-refractivity contribution in [3.05, 3.63) is 0 Å². The highest BCUT2D eigenvalue weighted by atomic mass is 16.4. The number of nitrogens with zero attached hydrogens (tertiary/aromatic N) is 1. The van der Waals surface area contributed by atoms with Gasteiger partial charge in [-0.3, -0.25) is 9.69 Å². The summed E-state index contributed by atoms with van der Waals surface area (Å²) in [4.78, 5) is 12.9. The maximum Gasteiger partial charge on any atom is 0.323 e. The van der Waals surface area contributed by atoms with Crippen LogP contribution in [0.1, 0.15) is 33.6 Å². The Bertz CT molecular complexity index is 195. The van der Waals surface area contributed by atoms with Crippen LogP contribution in [0.25, 0.3) is 0 Å². The van der Waals surface area contributed by atoms with Crippen LogP contribution in [0.4, 0.5) is 0 Å². The zero-order valence-corrected chi connectivity index (χ0v) is 8.71. The molecule has 1 N–H and O–H groups in total. The number of carbonyl (C=O) groups is 1. The summed E-state index contributed by atoms with van der Waals surface area (Å²) in [6, 6.07) is 0. The second-order valence-electron chi connectivity index (χ2n) is 4.42. The number of hydrogen-bond acceptors (Lipinski definition) is 2. The Labute approximate surface area is 79.7 Å². The number of hydrogen-bond donors (Lipinski definition) is 1. The number of likely N-dealkylation sites (tertiary alicyclic amines) is 1. The molecule has 0 aromatic heterocycles. The monoisotopic (exact) mass is 185 g/mol. The third-order valence-corrected chi connectivity index (χ3v) is 2.97. The maximum absolute atomic E-state index is 10.9. The van der Waals surface area contributed by atoms with E-state index >= 15 is 0 Å². The molecule has 0 aliphatic carbocycles. The number of carboxylic acid groups (broad SMARTS) is 1. The van der Waals surface area contributed by atoms with Crippen LogP contribution >= 0.6 is 0 Å². The Balaban J connectivity index is 2.38. The maximum atomic E-state index is 10.9. The second kappa shape index (κ2) is 3.66. The third-order valence-electron chi connectivity index (χ3n) is 2.97. The first-order valence-electron chi connectivity index (χ1n) is 4.97. The normalized spacial score (nSPS) is 19.9. The molecule has 1 heterocycles. The minimum Gasteiger partial charge on any atom is -0.480 e. The van der Waals surface area contributed by atoms with Gasteiger partial charge in [0, 0.05) is 13.1 Å². The Morgan fingerprint density at radius 2 is 2.08 bits per heavy atom. The smallest absolute Gasteiger partial charge is 0.323 e. The van der Waals surface area contributed by atoms with Gasteiger partial charge in [-0.15, -0.1) is 0 Å². The molecule has 3 heteroatoms. The lowest BCUT2D eigenvalue weighted by Crippen LogP contribution is -2.60. The van der Waals surface area contributed by atoms with Crippen LogP contribution in [0, 0.1) is 5.92 Å². The Hall–Kier alpha value is -0.570. The van der Waals surface area contributed by atoms with Gasteiger partial charge in [0.2, 0.25) is 0 Å². The van der Waals surface area contributed by atoms with Gasteiger partial charge in [0.05, 0.1) is 0 Å². The fourth-order valence-electron chi connectivity index (χ4n) is 1.75.